The number of thioether (sulfide) groups is 1. The van der Waals surface area contributed by atoms with Crippen molar-refractivity contribution in [3.8, 4) is 6.07 Å². The van der Waals surface area contributed by atoms with E-state index in [1.54, 1.807) is 0 Å². The molecule has 1 N–H and O–H groups in total. The van der Waals surface area contributed by atoms with E-state index in [2.05, 4.69) is 31.5 Å². The molecule has 0 bridgehead atoms. The van der Waals surface area contributed by atoms with Crippen molar-refractivity contribution < 1.29 is 0 Å². The second-order valence-electron chi connectivity index (χ2n) is 3.29. The second-order valence-corrected chi connectivity index (χ2v) is 4.28. The van der Waals surface area contributed by atoms with E-state index in [0.717, 1.165) is 25.0 Å². The molecule has 0 aromatic heterocycles. The van der Waals surface area contributed by atoms with E-state index >= 15 is 0 Å². The Kier molecular flexibility index (Phi) is 8.27. The fraction of sp³-hybridized carbons (Fsp3) is 0.900. The van der Waals surface area contributed by atoms with Gasteiger partial charge in [-0.2, -0.15) is 17.0 Å². The van der Waals surface area contributed by atoms with Crippen LogP contribution >= 0.6 is 11.8 Å². The maximum absolute atomic E-state index is 8.85. The van der Waals surface area contributed by atoms with Crippen molar-refractivity contribution in [2.75, 3.05) is 12.0 Å². The minimum Gasteiger partial charge on any atom is -0.299 e. The van der Waals surface area contributed by atoms with Gasteiger partial charge < -0.3 is 0 Å². The zero-order valence-electron chi connectivity index (χ0n) is 8.84. The van der Waals surface area contributed by atoms with E-state index in [-0.39, 0.29) is 6.04 Å². The highest BCUT2D eigenvalue weighted by atomic mass is 32.2. The maximum Gasteiger partial charge on any atom is 0.0955 e. The number of nitriles is 1. The SMILES string of the molecule is CCC(C)NC(C#N)CCCSC. The summed E-state index contributed by atoms with van der Waals surface area (Å²) >= 11 is 1.84. The second kappa shape index (κ2) is 8.40. The lowest BCUT2D eigenvalue weighted by Crippen LogP contribution is -2.35. The fourth-order valence-corrected chi connectivity index (χ4v) is 1.53. The minimum absolute atomic E-state index is 0.0436. The number of rotatable bonds is 7. The third-order valence-electron chi connectivity index (χ3n) is 2.10. The molecule has 2 nitrogen and oxygen atoms in total. The summed E-state index contributed by atoms with van der Waals surface area (Å²) in [6.45, 7) is 4.26. The van der Waals surface area contributed by atoms with Crippen LogP contribution in [0.3, 0.4) is 0 Å². The van der Waals surface area contributed by atoms with Crippen LogP contribution in [0.2, 0.25) is 0 Å². The lowest BCUT2D eigenvalue weighted by Gasteiger charge is -2.16. The van der Waals surface area contributed by atoms with Crippen LogP contribution < -0.4 is 5.32 Å². The maximum atomic E-state index is 8.85. The van der Waals surface area contributed by atoms with Gasteiger partial charge in [-0.15, -0.1) is 0 Å². The fourth-order valence-electron chi connectivity index (χ4n) is 1.08. The highest BCUT2D eigenvalue weighted by Crippen LogP contribution is 2.04. The molecular formula is C10H20N2S. The summed E-state index contributed by atoms with van der Waals surface area (Å²) in [6, 6.07) is 2.81. The number of nitrogens with zero attached hydrogens (tertiary/aromatic N) is 1. The Morgan fingerprint density at radius 3 is 2.69 bits per heavy atom. The summed E-state index contributed by atoms with van der Waals surface area (Å²) < 4.78 is 0. The van der Waals surface area contributed by atoms with Crippen LogP contribution in [0.15, 0.2) is 0 Å². The third kappa shape index (κ3) is 6.92. The Morgan fingerprint density at radius 2 is 2.23 bits per heavy atom. The van der Waals surface area contributed by atoms with Gasteiger partial charge in [0.15, 0.2) is 0 Å². The normalized spacial score (nSPS) is 14.9. The molecule has 0 aliphatic rings. The Morgan fingerprint density at radius 1 is 1.54 bits per heavy atom. The predicted molar refractivity (Wildman–Crippen MR) is 59.9 cm³/mol. The van der Waals surface area contributed by atoms with Crippen LogP contribution in [0.4, 0.5) is 0 Å². The van der Waals surface area contributed by atoms with Gasteiger partial charge in [-0.05, 0) is 38.2 Å². The molecule has 0 saturated carbocycles. The topological polar surface area (TPSA) is 35.8 Å². The van der Waals surface area contributed by atoms with Crippen LogP contribution in [0, 0.1) is 11.3 Å². The van der Waals surface area contributed by atoms with Crippen molar-refractivity contribution in [2.24, 2.45) is 0 Å². The van der Waals surface area contributed by atoms with E-state index in [1.807, 2.05) is 11.8 Å². The average molecular weight is 200 g/mol. The molecule has 0 aliphatic heterocycles. The van der Waals surface area contributed by atoms with Gasteiger partial charge in [-0.1, -0.05) is 6.92 Å². The van der Waals surface area contributed by atoms with Crippen LogP contribution in [0.1, 0.15) is 33.1 Å². The van der Waals surface area contributed by atoms with E-state index in [9.17, 15) is 0 Å². The summed E-state index contributed by atoms with van der Waals surface area (Å²) in [7, 11) is 0. The van der Waals surface area contributed by atoms with Crippen LogP contribution in [0.25, 0.3) is 0 Å². The molecule has 0 aromatic carbocycles. The first-order valence-electron chi connectivity index (χ1n) is 4.89. The Bertz CT molecular complexity index is 153. The molecule has 0 heterocycles. The molecule has 0 saturated heterocycles. The van der Waals surface area contributed by atoms with E-state index in [0.29, 0.717) is 6.04 Å². The molecule has 2 atom stereocenters. The van der Waals surface area contributed by atoms with Crippen molar-refractivity contribution in [1.82, 2.24) is 5.32 Å². The molecule has 0 fully saturated rings. The predicted octanol–water partition coefficient (Wildman–Crippen LogP) is 2.41. The van der Waals surface area contributed by atoms with Gasteiger partial charge in [0.1, 0.15) is 0 Å². The summed E-state index contributed by atoms with van der Waals surface area (Å²) in [4.78, 5) is 0. The Hall–Kier alpha value is -0.200. The van der Waals surface area contributed by atoms with E-state index in [4.69, 9.17) is 5.26 Å². The zero-order valence-corrected chi connectivity index (χ0v) is 9.66. The first kappa shape index (κ1) is 12.8. The van der Waals surface area contributed by atoms with Crippen molar-refractivity contribution in [1.29, 1.82) is 5.26 Å². The average Bonchev–Trinajstić information content (AvgIpc) is 2.16. The quantitative estimate of drug-likeness (QED) is 0.641. The summed E-state index contributed by atoms with van der Waals surface area (Å²) in [6.07, 6.45) is 5.29. The van der Waals surface area contributed by atoms with Gasteiger partial charge in [-0.3, -0.25) is 5.32 Å². The highest BCUT2D eigenvalue weighted by Gasteiger charge is 2.08. The molecule has 0 radical (unpaired) electrons. The smallest absolute Gasteiger partial charge is 0.0955 e. The molecule has 76 valence electrons. The molecule has 0 aliphatic carbocycles. The van der Waals surface area contributed by atoms with Crippen LogP contribution in [0.5, 0.6) is 0 Å². The zero-order chi connectivity index (χ0) is 10.1. The van der Waals surface area contributed by atoms with E-state index < -0.39 is 0 Å². The largest absolute Gasteiger partial charge is 0.299 e. The van der Waals surface area contributed by atoms with Gasteiger partial charge in [0.2, 0.25) is 0 Å². The van der Waals surface area contributed by atoms with E-state index in [1.165, 1.54) is 0 Å². The molecule has 0 amide bonds. The molecule has 0 aromatic rings. The third-order valence-corrected chi connectivity index (χ3v) is 2.79. The lowest BCUT2D eigenvalue weighted by atomic mass is 10.1. The van der Waals surface area contributed by atoms with Gasteiger partial charge in [0.05, 0.1) is 12.1 Å². The molecule has 0 rings (SSSR count). The number of hydrogen-bond donors (Lipinski definition) is 1. The molecular weight excluding hydrogens is 180 g/mol. The van der Waals surface area contributed by atoms with Crippen molar-refractivity contribution in [2.45, 2.75) is 45.2 Å². The van der Waals surface area contributed by atoms with Crippen molar-refractivity contribution in [3.05, 3.63) is 0 Å². The molecule has 13 heavy (non-hydrogen) atoms. The summed E-state index contributed by atoms with van der Waals surface area (Å²) in [5, 5.41) is 12.2. The van der Waals surface area contributed by atoms with Gasteiger partial charge in [0, 0.05) is 6.04 Å². The lowest BCUT2D eigenvalue weighted by molar-refractivity contribution is 0.470. The van der Waals surface area contributed by atoms with Crippen LogP contribution in [-0.4, -0.2) is 24.1 Å². The summed E-state index contributed by atoms with van der Waals surface area (Å²) in [5.74, 6) is 1.15. The van der Waals surface area contributed by atoms with Gasteiger partial charge in [0.25, 0.3) is 0 Å². The minimum atomic E-state index is 0.0436. The molecule has 0 spiro atoms. The van der Waals surface area contributed by atoms with Gasteiger partial charge in [-0.25, -0.2) is 0 Å². The molecule has 2 unspecified atom stereocenters. The van der Waals surface area contributed by atoms with Crippen molar-refractivity contribution >= 4 is 11.8 Å². The summed E-state index contributed by atoms with van der Waals surface area (Å²) in [5.41, 5.74) is 0. The van der Waals surface area contributed by atoms with Crippen LogP contribution in [-0.2, 0) is 0 Å². The number of hydrogen-bond acceptors (Lipinski definition) is 3. The van der Waals surface area contributed by atoms with Gasteiger partial charge >= 0.3 is 0 Å². The molecule has 3 heteroatoms. The first-order valence-corrected chi connectivity index (χ1v) is 6.28. The number of nitrogens with one attached hydrogen (secondary N) is 1. The van der Waals surface area contributed by atoms with Crippen molar-refractivity contribution in [3.63, 3.8) is 0 Å². The first-order chi connectivity index (χ1) is 6.24. The highest BCUT2D eigenvalue weighted by molar-refractivity contribution is 7.98. The Balaban J connectivity index is 3.58. The monoisotopic (exact) mass is 200 g/mol. The standard InChI is InChI=1S/C10H20N2S/c1-4-9(2)12-10(8-11)6-5-7-13-3/h9-10,12H,4-7H2,1-3H3. The Labute approximate surface area is 86.1 Å².